The topological polar surface area (TPSA) is 71.3 Å². The fourth-order valence-corrected chi connectivity index (χ4v) is 2.70. The minimum Gasteiger partial charge on any atom is -0.477 e. The lowest BCUT2D eigenvalue weighted by Crippen LogP contribution is -2.27. The van der Waals surface area contributed by atoms with Crippen molar-refractivity contribution in [2.24, 2.45) is 5.92 Å². The highest BCUT2D eigenvalue weighted by Gasteiger charge is 2.27. The number of nitrogens with one attached hydrogen (secondary N) is 1. The Labute approximate surface area is 111 Å². The Balaban J connectivity index is 1.86. The molecule has 1 aliphatic carbocycles. The number of carboxylic acids is 1. The van der Waals surface area contributed by atoms with E-state index in [0.29, 0.717) is 24.6 Å². The van der Waals surface area contributed by atoms with E-state index in [9.17, 15) is 14.7 Å². The molecule has 1 aromatic heterocycles. The van der Waals surface area contributed by atoms with Crippen LogP contribution in [0.3, 0.4) is 0 Å². The molecule has 102 valence electrons. The minimum atomic E-state index is -0.954. The largest absolute Gasteiger partial charge is 0.477 e. The quantitative estimate of drug-likeness (QED) is 0.867. The average molecular weight is 262 g/mol. The molecule has 2 N–H and O–H groups in total. The molecule has 5 nitrogen and oxygen atoms in total. The molecular weight excluding hydrogens is 244 g/mol. The molecular formula is C14H18N2O3. The normalized spacial score (nSPS) is 17.9. The molecule has 2 heterocycles. The molecule has 1 saturated carbocycles. The highest BCUT2D eigenvalue weighted by molar-refractivity contribution is 5.99. The maximum Gasteiger partial charge on any atom is 0.352 e. The number of rotatable bonds is 4. The van der Waals surface area contributed by atoms with Gasteiger partial charge in [-0.3, -0.25) is 4.79 Å². The lowest BCUT2D eigenvalue weighted by atomic mass is 10.1. The Kier molecular flexibility index (Phi) is 3.05. The summed E-state index contributed by atoms with van der Waals surface area (Å²) in [6.07, 6.45) is 5.17. The molecule has 0 spiro atoms. The lowest BCUT2D eigenvalue weighted by molar-refractivity contribution is 0.0683. The molecule has 0 atom stereocenters. The smallest absolute Gasteiger partial charge is 0.352 e. The summed E-state index contributed by atoms with van der Waals surface area (Å²) in [7, 11) is 0. The molecule has 0 unspecified atom stereocenters. The number of aromatic carboxylic acids is 1. The molecule has 19 heavy (non-hydrogen) atoms. The van der Waals surface area contributed by atoms with Crippen LogP contribution in [0.1, 0.15) is 52.2 Å². The summed E-state index contributed by atoms with van der Waals surface area (Å²) in [5, 5.41) is 12.1. The van der Waals surface area contributed by atoms with Crippen LogP contribution in [-0.4, -0.2) is 28.1 Å². The van der Waals surface area contributed by atoms with Crippen molar-refractivity contribution < 1.29 is 14.7 Å². The van der Waals surface area contributed by atoms with Gasteiger partial charge in [-0.25, -0.2) is 4.79 Å². The maximum absolute atomic E-state index is 12.2. The number of hydrogen-bond donors (Lipinski definition) is 2. The van der Waals surface area contributed by atoms with Crippen LogP contribution < -0.4 is 5.32 Å². The van der Waals surface area contributed by atoms with Gasteiger partial charge in [-0.05, 0) is 44.1 Å². The Bertz CT molecular complexity index is 529. The number of carbonyl (C=O) groups is 2. The van der Waals surface area contributed by atoms with Crippen LogP contribution in [0.15, 0.2) is 6.07 Å². The Morgan fingerprint density at radius 1 is 1.37 bits per heavy atom. The van der Waals surface area contributed by atoms with Crippen LogP contribution >= 0.6 is 0 Å². The van der Waals surface area contributed by atoms with Crippen molar-refractivity contribution in [3.05, 3.63) is 23.0 Å². The zero-order chi connectivity index (χ0) is 13.4. The zero-order valence-corrected chi connectivity index (χ0v) is 10.8. The molecule has 0 radical (unpaired) electrons. The van der Waals surface area contributed by atoms with E-state index in [1.165, 1.54) is 18.9 Å². The van der Waals surface area contributed by atoms with Gasteiger partial charge in [-0.15, -0.1) is 0 Å². The van der Waals surface area contributed by atoms with Crippen molar-refractivity contribution in [3.63, 3.8) is 0 Å². The zero-order valence-electron chi connectivity index (χ0n) is 10.8. The molecule has 1 fully saturated rings. The average Bonchev–Trinajstić information content (AvgIpc) is 3.14. The third-order valence-corrected chi connectivity index (χ3v) is 3.97. The molecule has 1 aromatic rings. The van der Waals surface area contributed by atoms with Crippen molar-refractivity contribution >= 4 is 11.9 Å². The van der Waals surface area contributed by atoms with Crippen molar-refractivity contribution in [1.29, 1.82) is 0 Å². The SMILES string of the molecule is O=C(NCC1CC1)c1cc(C(=O)O)n2c1CCCC2. The van der Waals surface area contributed by atoms with Crippen molar-refractivity contribution in [2.45, 2.75) is 38.6 Å². The molecule has 3 rings (SSSR count). The minimum absolute atomic E-state index is 0.120. The van der Waals surface area contributed by atoms with Gasteiger partial charge in [0.05, 0.1) is 5.56 Å². The van der Waals surface area contributed by atoms with E-state index in [1.807, 2.05) is 0 Å². The summed E-state index contributed by atoms with van der Waals surface area (Å²) in [6.45, 7) is 1.42. The van der Waals surface area contributed by atoms with Gasteiger partial charge in [0.25, 0.3) is 5.91 Å². The van der Waals surface area contributed by atoms with E-state index in [0.717, 1.165) is 25.0 Å². The van der Waals surface area contributed by atoms with Gasteiger partial charge in [0.15, 0.2) is 0 Å². The van der Waals surface area contributed by atoms with Gasteiger partial charge in [-0.2, -0.15) is 0 Å². The van der Waals surface area contributed by atoms with Gasteiger partial charge in [0.1, 0.15) is 5.69 Å². The third kappa shape index (κ3) is 2.37. The van der Waals surface area contributed by atoms with Crippen molar-refractivity contribution in [3.8, 4) is 0 Å². The standard InChI is InChI=1S/C14H18N2O3/c17-13(15-8-9-4-5-9)10-7-12(14(18)19)16-6-2-1-3-11(10)16/h7,9H,1-6,8H2,(H,15,17)(H,18,19). The van der Waals surface area contributed by atoms with E-state index >= 15 is 0 Å². The fourth-order valence-electron chi connectivity index (χ4n) is 2.70. The second-order valence-corrected chi connectivity index (χ2v) is 5.46. The Morgan fingerprint density at radius 3 is 2.84 bits per heavy atom. The summed E-state index contributed by atoms with van der Waals surface area (Å²) < 4.78 is 1.79. The van der Waals surface area contributed by atoms with Crippen LogP contribution in [0.5, 0.6) is 0 Å². The molecule has 0 aromatic carbocycles. The molecule has 0 saturated heterocycles. The van der Waals surface area contributed by atoms with Crippen LogP contribution in [0, 0.1) is 5.92 Å². The number of carbonyl (C=O) groups excluding carboxylic acids is 1. The second-order valence-electron chi connectivity index (χ2n) is 5.46. The molecule has 1 aliphatic heterocycles. The van der Waals surface area contributed by atoms with E-state index in [1.54, 1.807) is 4.57 Å². The second kappa shape index (κ2) is 4.72. The maximum atomic E-state index is 12.2. The number of hydrogen-bond acceptors (Lipinski definition) is 2. The van der Waals surface area contributed by atoms with Crippen molar-refractivity contribution in [1.82, 2.24) is 9.88 Å². The highest BCUT2D eigenvalue weighted by atomic mass is 16.4. The Hall–Kier alpha value is -1.78. The Morgan fingerprint density at radius 2 is 2.16 bits per heavy atom. The lowest BCUT2D eigenvalue weighted by Gasteiger charge is -2.17. The van der Waals surface area contributed by atoms with E-state index in [-0.39, 0.29) is 11.6 Å². The number of fused-ring (bicyclic) bond motifs is 1. The van der Waals surface area contributed by atoms with E-state index in [2.05, 4.69) is 5.32 Å². The first-order chi connectivity index (χ1) is 9.16. The first kappa shape index (κ1) is 12.3. The molecule has 2 aliphatic rings. The van der Waals surface area contributed by atoms with E-state index in [4.69, 9.17) is 0 Å². The van der Waals surface area contributed by atoms with Crippen LogP contribution in [-0.2, 0) is 13.0 Å². The molecule has 5 heteroatoms. The van der Waals surface area contributed by atoms with Gasteiger partial charge >= 0.3 is 5.97 Å². The van der Waals surface area contributed by atoms with Crippen molar-refractivity contribution in [2.75, 3.05) is 6.54 Å². The third-order valence-electron chi connectivity index (χ3n) is 3.97. The first-order valence-corrected chi connectivity index (χ1v) is 6.90. The summed E-state index contributed by atoms with van der Waals surface area (Å²) in [4.78, 5) is 23.4. The summed E-state index contributed by atoms with van der Waals surface area (Å²) in [6, 6.07) is 1.53. The van der Waals surface area contributed by atoms with Crippen LogP contribution in [0.4, 0.5) is 0 Å². The molecule has 0 bridgehead atoms. The fraction of sp³-hybridized carbons (Fsp3) is 0.571. The van der Waals surface area contributed by atoms with Gasteiger partial charge in [-0.1, -0.05) is 0 Å². The number of carboxylic acid groups (broad SMARTS) is 1. The summed E-state index contributed by atoms with van der Waals surface area (Å²) >= 11 is 0. The first-order valence-electron chi connectivity index (χ1n) is 6.90. The number of aromatic nitrogens is 1. The van der Waals surface area contributed by atoms with Gasteiger partial charge in [0, 0.05) is 18.8 Å². The highest BCUT2D eigenvalue weighted by Crippen LogP contribution is 2.28. The monoisotopic (exact) mass is 262 g/mol. The summed E-state index contributed by atoms with van der Waals surface area (Å²) in [5.74, 6) is -0.448. The molecule has 1 amide bonds. The predicted octanol–water partition coefficient (Wildman–Crippen LogP) is 1.66. The number of nitrogens with zero attached hydrogens (tertiary/aromatic N) is 1. The predicted molar refractivity (Wildman–Crippen MR) is 69.4 cm³/mol. The van der Waals surface area contributed by atoms with Gasteiger partial charge < -0.3 is 15.0 Å². The van der Waals surface area contributed by atoms with Gasteiger partial charge in [0.2, 0.25) is 0 Å². The van der Waals surface area contributed by atoms with Crippen LogP contribution in [0.25, 0.3) is 0 Å². The number of amides is 1. The van der Waals surface area contributed by atoms with Crippen LogP contribution in [0.2, 0.25) is 0 Å². The van der Waals surface area contributed by atoms with E-state index < -0.39 is 5.97 Å². The summed E-state index contributed by atoms with van der Waals surface area (Å²) in [5.41, 5.74) is 1.68.